The normalized spacial score (nSPS) is 10.3. The van der Waals surface area contributed by atoms with Gasteiger partial charge in [-0.3, -0.25) is 4.68 Å². The minimum absolute atomic E-state index is 0.279. The predicted octanol–water partition coefficient (Wildman–Crippen LogP) is 2.67. The van der Waals surface area contributed by atoms with Crippen molar-refractivity contribution in [3.63, 3.8) is 0 Å². The van der Waals surface area contributed by atoms with Gasteiger partial charge in [-0.05, 0) is 19.1 Å². The molecule has 0 radical (unpaired) electrons. The van der Waals surface area contributed by atoms with Crippen molar-refractivity contribution in [2.75, 3.05) is 18.2 Å². The molecule has 0 atom stereocenters. The van der Waals surface area contributed by atoms with E-state index >= 15 is 0 Å². The monoisotopic (exact) mass is 294 g/mol. The van der Waals surface area contributed by atoms with Crippen LogP contribution in [0.5, 0.6) is 0 Å². The van der Waals surface area contributed by atoms with Gasteiger partial charge in [-0.2, -0.15) is 5.10 Å². The van der Waals surface area contributed by atoms with Crippen molar-refractivity contribution >= 4 is 34.6 Å². The summed E-state index contributed by atoms with van der Waals surface area (Å²) in [4.78, 5) is 11.8. The smallest absolute Gasteiger partial charge is 0.340 e. The lowest BCUT2D eigenvalue weighted by Gasteiger charge is -2.12. The lowest BCUT2D eigenvalue weighted by Crippen LogP contribution is -2.07. The van der Waals surface area contributed by atoms with Gasteiger partial charge >= 0.3 is 5.97 Å². The maximum absolute atomic E-state index is 11.8. The second kappa shape index (κ2) is 5.83. The minimum Gasteiger partial charge on any atom is -0.465 e. The van der Waals surface area contributed by atoms with Gasteiger partial charge in [0, 0.05) is 18.4 Å². The molecule has 0 aliphatic carbocycles. The first kappa shape index (κ1) is 14.2. The molecular formula is C13H15ClN4O2. The summed E-state index contributed by atoms with van der Waals surface area (Å²) in [5.74, 6) is -0.510. The van der Waals surface area contributed by atoms with E-state index in [-0.39, 0.29) is 5.56 Å². The average Bonchev–Trinajstić information content (AvgIpc) is 2.88. The summed E-state index contributed by atoms with van der Waals surface area (Å²) in [6.07, 6.45) is 3.46. The number of methoxy groups -OCH3 is 1. The number of esters is 1. The quantitative estimate of drug-likeness (QED) is 0.669. The highest BCUT2D eigenvalue weighted by atomic mass is 35.5. The average molecular weight is 295 g/mol. The van der Waals surface area contributed by atoms with Crippen molar-refractivity contribution in [2.45, 2.75) is 13.5 Å². The fourth-order valence-electron chi connectivity index (χ4n) is 1.77. The highest BCUT2D eigenvalue weighted by molar-refractivity contribution is 6.34. The SMILES string of the molecule is CCn1cc(Nc2c(Cl)cc(N)cc2C(=O)OC)cn1. The van der Waals surface area contributed by atoms with E-state index in [4.69, 9.17) is 22.1 Å². The van der Waals surface area contributed by atoms with Gasteiger partial charge in [-0.15, -0.1) is 0 Å². The lowest BCUT2D eigenvalue weighted by atomic mass is 10.1. The van der Waals surface area contributed by atoms with Gasteiger partial charge in [0.1, 0.15) is 0 Å². The number of hydrogen-bond donors (Lipinski definition) is 2. The predicted molar refractivity (Wildman–Crippen MR) is 78.4 cm³/mol. The van der Waals surface area contributed by atoms with E-state index in [2.05, 4.69) is 10.4 Å². The number of carbonyl (C=O) groups excluding carboxylic acids is 1. The number of nitrogens with two attached hydrogens (primary N) is 1. The first-order valence-electron chi connectivity index (χ1n) is 6.02. The first-order chi connectivity index (χ1) is 9.55. The molecule has 20 heavy (non-hydrogen) atoms. The summed E-state index contributed by atoms with van der Waals surface area (Å²) in [5.41, 5.74) is 7.55. The highest BCUT2D eigenvalue weighted by Gasteiger charge is 2.17. The standard InChI is InChI=1S/C13H15ClN4O2/c1-3-18-7-9(6-16-18)17-12-10(13(19)20-2)4-8(15)5-11(12)14/h4-7,17H,3,15H2,1-2H3. The van der Waals surface area contributed by atoms with Crippen LogP contribution in [0.4, 0.5) is 17.1 Å². The molecule has 0 aliphatic heterocycles. The van der Waals surface area contributed by atoms with E-state index in [1.54, 1.807) is 16.9 Å². The summed E-state index contributed by atoms with van der Waals surface area (Å²) in [6.45, 7) is 2.73. The Morgan fingerprint density at radius 1 is 1.55 bits per heavy atom. The van der Waals surface area contributed by atoms with Crippen LogP contribution in [0.3, 0.4) is 0 Å². The molecule has 0 saturated carbocycles. The molecular weight excluding hydrogens is 280 g/mol. The van der Waals surface area contributed by atoms with Crippen LogP contribution >= 0.6 is 11.6 Å². The number of benzene rings is 1. The number of nitrogen functional groups attached to an aromatic ring is 1. The molecule has 3 N–H and O–H groups in total. The van der Waals surface area contributed by atoms with E-state index in [1.807, 2.05) is 13.1 Å². The maximum Gasteiger partial charge on any atom is 0.340 e. The second-order valence-corrected chi connectivity index (χ2v) is 4.53. The number of aromatic nitrogens is 2. The number of aryl methyl sites for hydroxylation is 1. The molecule has 7 heteroatoms. The molecule has 0 aliphatic rings. The summed E-state index contributed by atoms with van der Waals surface area (Å²) < 4.78 is 6.49. The van der Waals surface area contributed by atoms with Crippen molar-refractivity contribution < 1.29 is 9.53 Å². The third-order valence-electron chi connectivity index (χ3n) is 2.74. The topological polar surface area (TPSA) is 82.2 Å². The summed E-state index contributed by atoms with van der Waals surface area (Å²) in [5, 5.41) is 7.55. The van der Waals surface area contributed by atoms with Gasteiger partial charge in [0.05, 0.1) is 35.3 Å². The molecule has 1 heterocycles. The molecule has 0 fully saturated rings. The van der Waals surface area contributed by atoms with E-state index in [0.29, 0.717) is 16.4 Å². The third kappa shape index (κ3) is 2.85. The molecule has 0 spiro atoms. The third-order valence-corrected chi connectivity index (χ3v) is 3.04. The van der Waals surface area contributed by atoms with Gasteiger partial charge in [0.2, 0.25) is 0 Å². The Kier molecular flexibility index (Phi) is 4.14. The number of ether oxygens (including phenoxy) is 1. The van der Waals surface area contributed by atoms with Crippen LogP contribution in [0.15, 0.2) is 24.5 Å². The zero-order chi connectivity index (χ0) is 14.7. The number of hydrogen-bond acceptors (Lipinski definition) is 5. The largest absolute Gasteiger partial charge is 0.465 e. The Labute approximate surface area is 121 Å². The molecule has 0 saturated heterocycles. The molecule has 2 aromatic rings. The number of carbonyl (C=O) groups is 1. The van der Waals surface area contributed by atoms with Gasteiger partial charge in [-0.25, -0.2) is 4.79 Å². The maximum atomic E-state index is 11.8. The molecule has 1 aromatic carbocycles. The zero-order valence-corrected chi connectivity index (χ0v) is 11.9. The van der Waals surface area contributed by atoms with E-state index in [0.717, 1.165) is 12.2 Å². The minimum atomic E-state index is -0.510. The zero-order valence-electron chi connectivity index (χ0n) is 11.2. The Morgan fingerprint density at radius 3 is 2.90 bits per heavy atom. The molecule has 0 bridgehead atoms. The fraction of sp³-hybridized carbons (Fsp3) is 0.231. The van der Waals surface area contributed by atoms with Crippen LogP contribution in [0.1, 0.15) is 17.3 Å². The van der Waals surface area contributed by atoms with Crippen LogP contribution in [-0.4, -0.2) is 22.9 Å². The van der Waals surface area contributed by atoms with Crippen molar-refractivity contribution in [1.82, 2.24) is 9.78 Å². The highest BCUT2D eigenvalue weighted by Crippen LogP contribution is 2.32. The van der Waals surface area contributed by atoms with Crippen LogP contribution < -0.4 is 11.1 Å². The Bertz CT molecular complexity index is 639. The van der Waals surface area contributed by atoms with Crippen LogP contribution in [0.25, 0.3) is 0 Å². The van der Waals surface area contributed by atoms with Crippen molar-refractivity contribution in [2.24, 2.45) is 0 Å². The Hall–Kier alpha value is -2.21. The van der Waals surface area contributed by atoms with E-state index < -0.39 is 5.97 Å². The number of nitrogens with zero attached hydrogens (tertiary/aromatic N) is 2. The van der Waals surface area contributed by atoms with E-state index in [1.165, 1.54) is 13.2 Å². The Balaban J connectivity index is 2.41. The van der Waals surface area contributed by atoms with Crippen LogP contribution in [-0.2, 0) is 11.3 Å². The number of rotatable bonds is 4. The van der Waals surface area contributed by atoms with Crippen molar-refractivity contribution in [3.05, 3.63) is 35.1 Å². The molecule has 106 valence electrons. The Morgan fingerprint density at radius 2 is 2.30 bits per heavy atom. The lowest BCUT2D eigenvalue weighted by molar-refractivity contribution is 0.0602. The van der Waals surface area contributed by atoms with E-state index in [9.17, 15) is 4.79 Å². The summed E-state index contributed by atoms with van der Waals surface area (Å²) in [6, 6.07) is 3.09. The number of anilines is 3. The number of halogens is 1. The first-order valence-corrected chi connectivity index (χ1v) is 6.39. The second-order valence-electron chi connectivity index (χ2n) is 4.13. The van der Waals surface area contributed by atoms with Crippen molar-refractivity contribution in [3.8, 4) is 0 Å². The number of nitrogens with one attached hydrogen (secondary N) is 1. The fourth-order valence-corrected chi connectivity index (χ4v) is 2.05. The molecule has 6 nitrogen and oxygen atoms in total. The summed E-state index contributed by atoms with van der Waals surface area (Å²) >= 11 is 6.15. The van der Waals surface area contributed by atoms with Gasteiger partial charge in [0.25, 0.3) is 0 Å². The van der Waals surface area contributed by atoms with Crippen LogP contribution in [0.2, 0.25) is 5.02 Å². The molecule has 0 amide bonds. The molecule has 2 rings (SSSR count). The van der Waals surface area contributed by atoms with Gasteiger partial charge < -0.3 is 15.8 Å². The summed E-state index contributed by atoms with van der Waals surface area (Å²) in [7, 11) is 1.30. The van der Waals surface area contributed by atoms with Gasteiger partial charge in [-0.1, -0.05) is 11.6 Å². The molecule has 1 aromatic heterocycles. The molecule has 0 unspecified atom stereocenters. The van der Waals surface area contributed by atoms with Crippen LogP contribution in [0, 0.1) is 0 Å². The van der Waals surface area contributed by atoms with Crippen molar-refractivity contribution in [1.29, 1.82) is 0 Å². The van der Waals surface area contributed by atoms with Gasteiger partial charge in [0.15, 0.2) is 0 Å².